The van der Waals surface area contributed by atoms with Gasteiger partial charge in [0, 0.05) is 26.4 Å². The van der Waals surface area contributed by atoms with Crippen LogP contribution in [0.3, 0.4) is 0 Å². The molecular weight excluding hydrogens is 407 g/mol. The molecule has 8 heteroatoms. The van der Waals surface area contributed by atoms with Crippen LogP contribution in [0.5, 0.6) is 0 Å². The number of nitrogens with zero attached hydrogens (tertiary/aromatic N) is 4. The Hall–Kier alpha value is -1.42. The second kappa shape index (κ2) is 7.91. The molecule has 0 aliphatic carbocycles. The van der Waals surface area contributed by atoms with Crippen molar-refractivity contribution in [3.63, 3.8) is 0 Å². The number of aliphatic imine (C=N–C) groups is 1. The summed E-state index contributed by atoms with van der Waals surface area (Å²) >= 11 is 0. The minimum absolute atomic E-state index is 0. The maximum Gasteiger partial charge on any atom is 0.191 e. The third kappa shape index (κ3) is 4.31. The van der Waals surface area contributed by atoms with Gasteiger partial charge < -0.3 is 15.4 Å². The van der Waals surface area contributed by atoms with E-state index in [4.69, 9.17) is 4.74 Å². The largest absolute Gasteiger partial charge is 0.373 e. The molecule has 2 aromatic rings. The summed E-state index contributed by atoms with van der Waals surface area (Å²) in [7, 11) is 1.76. The average Bonchev–Trinajstić information content (AvgIpc) is 3.15. The second-order valence-electron chi connectivity index (χ2n) is 5.73. The summed E-state index contributed by atoms with van der Waals surface area (Å²) in [6, 6.07) is 5.84. The summed E-state index contributed by atoms with van der Waals surface area (Å²) < 4.78 is 7.73. The number of ether oxygens (including phenoxy) is 1. The van der Waals surface area contributed by atoms with Crippen molar-refractivity contribution in [1.29, 1.82) is 0 Å². The van der Waals surface area contributed by atoms with Crippen molar-refractivity contribution in [1.82, 2.24) is 25.2 Å². The molecule has 1 saturated heterocycles. The highest BCUT2D eigenvalue weighted by molar-refractivity contribution is 14.0. The molecule has 0 bridgehead atoms. The molecule has 2 aromatic heterocycles. The number of pyridine rings is 1. The molecule has 7 nitrogen and oxygen atoms in total. The van der Waals surface area contributed by atoms with E-state index < -0.39 is 0 Å². The van der Waals surface area contributed by atoms with E-state index in [9.17, 15) is 0 Å². The Bertz CT molecular complexity index is 665. The fraction of sp³-hybridized carbons (Fsp3) is 0.533. The predicted octanol–water partition coefficient (Wildman–Crippen LogP) is 1.58. The highest BCUT2D eigenvalue weighted by atomic mass is 127. The first-order valence-electron chi connectivity index (χ1n) is 7.57. The average molecular weight is 430 g/mol. The number of aromatic nitrogens is 3. The molecule has 1 fully saturated rings. The van der Waals surface area contributed by atoms with Gasteiger partial charge in [-0.3, -0.25) is 9.39 Å². The second-order valence-corrected chi connectivity index (χ2v) is 5.73. The lowest BCUT2D eigenvalue weighted by atomic mass is 10.0. The third-order valence-corrected chi connectivity index (χ3v) is 3.95. The molecule has 0 radical (unpaired) electrons. The monoisotopic (exact) mass is 430 g/mol. The van der Waals surface area contributed by atoms with Crippen LogP contribution in [-0.4, -0.2) is 46.4 Å². The Morgan fingerprint density at radius 2 is 2.26 bits per heavy atom. The van der Waals surface area contributed by atoms with Crippen molar-refractivity contribution < 1.29 is 4.74 Å². The van der Waals surface area contributed by atoms with E-state index >= 15 is 0 Å². The molecular formula is C15H23IN6O. The first kappa shape index (κ1) is 17.9. The zero-order valence-electron chi connectivity index (χ0n) is 13.5. The van der Waals surface area contributed by atoms with Gasteiger partial charge in [-0.15, -0.1) is 34.2 Å². The summed E-state index contributed by atoms with van der Waals surface area (Å²) in [6.45, 7) is 4.28. The Balaban J connectivity index is 0.00000192. The van der Waals surface area contributed by atoms with Crippen LogP contribution in [0.25, 0.3) is 5.65 Å². The number of fused-ring (bicyclic) bond motifs is 1. The fourth-order valence-corrected chi connectivity index (χ4v) is 2.64. The topological polar surface area (TPSA) is 75.8 Å². The number of rotatable bonds is 4. The van der Waals surface area contributed by atoms with Gasteiger partial charge in [0.15, 0.2) is 17.4 Å². The van der Waals surface area contributed by atoms with Crippen molar-refractivity contribution in [2.24, 2.45) is 4.99 Å². The van der Waals surface area contributed by atoms with Gasteiger partial charge in [0.2, 0.25) is 0 Å². The summed E-state index contributed by atoms with van der Waals surface area (Å²) in [5.41, 5.74) is 0.744. The quantitative estimate of drug-likeness (QED) is 0.438. The molecule has 3 heterocycles. The van der Waals surface area contributed by atoms with Crippen molar-refractivity contribution in [2.75, 3.05) is 20.2 Å². The Morgan fingerprint density at radius 1 is 1.39 bits per heavy atom. The van der Waals surface area contributed by atoms with Crippen LogP contribution in [0.1, 0.15) is 25.6 Å². The van der Waals surface area contributed by atoms with Gasteiger partial charge in [-0.1, -0.05) is 6.07 Å². The first-order valence-corrected chi connectivity index (χ1v) is 7.57. The highest BCUT2D eigenvalue weighted by Crippen LogP contribution is 2.23. The van der Waals surface area contributed by atoms with Gasteiger partial charge in [-0.25, -0.2) is 0 Å². The number of hydrogen-bond donors (Lipinski definition) is 2. The minimum Gasteiger partial charge on any atom is -0.373 e. The molecule has 1 atom stereocenters. The summed E-state index contributed by atoms with van der Waals surface area (Å²) in [4.78, 5) is 4.24. The maximum absolute atomic E-state index is 5.77. The van der Waals surface area contributed by atoms with Crippen LogP contribution in [-0.2, 0) is 11.3 Å². The van der Waals surface area contributed by atoms with Crippen molar-refractivity contribution in [3.8, 4) is 0 Å². The van der Waals surface area contributed by atoms with Crippen LogP contribution in [0.15, 0.2) is 29.4 Å². The van der Waals surface area contributed by atoms with Gasteiger partial charge in [-0.05, 0) is 31.9 Å². The molecule has 3 rings (SSSR count). The van der Waals surface area contributed by atoms with Crippen LogP contribution in [0, 0.1) is 0 Å². The van der Waals surface area contributed by atoms with Gasteiger partial charge >= 0.3 is 0 Å². The lowest BCUT2D eigenvalue weighted by Gasteiger charge is -2.24. The fourth-order valence-electron chi connectivity index (χ4n) is 2.64. The zero-order valence-corrected chi connectivity index (χ0v) is 15.8. The van der Waals surface area contributed by atoms with Crippen LogP contribution in [0.4, 0.5) is 0 Å². The van der Waals surface area contributed by atoms with Gasteiger partial charge in [0.05, 0.1) is 12.1 Å². The van der Waals surface area contributed by atoms with Crippen molar-refractivity contribution in [2.45, 2.75) is 31.9 Å². The normalized spacial score (nSPS) is 21.2. The van der Waals surface area contributed by atoms with E-state index in [1.807, 2.05) is 28.8 Å². The number of nitrogens with one attached hydrogen (secondary N) is 2. The van der Waals surface area contributed by atoms with E-state index in [0.717, 1.165) is 43.4 Å². The lowest BCUT2D eigenvalue weighted by Crippen LogP contribution is -2.45. The van der Waals surface area contributed by atoms with E-state index in [1.165, 1.54) is 0 Å². The van der Waals surface area contributed by atoms with E-state index in [2.05, 4.69) is 32.7 Å². The van der Waals surface area contributed by atoms with E-state index in [-0.39, 0.29) is 29.6 Å². The smallest absolute Gasteiger partial charge is 0.191 e. The Labute approximate surface area is 152 Å². The number of guanidine groups is 1. The minimum atomic E-state index is -0.0980. The Morgan fingerprint density at radius 3 is 3.00 bits per heavy atom. The van der Waals surface area contributed by atoms with Gasteiger partial charge in [-0.2, -0.15) is 0 Å². The van der Waals surface area contributed by atoms with Crippen molar-refractivity contribution >= 4 is 35.6 Å². The Kier molecular flexibility index (Phi) is 6.17. The van der Waals surface area contributed by atoms with Crippen LogP contribution < -0.4 is 10.6 Å². The number of hydrogen-bond acceptors (Lipinski definition) is 4. The zero-order chi connectivity index (χ0) is 15.4. The summed E-state index contributed by atoms with van der Waals surface area (Å²) in [5, 5.41) is 14.9. The summed E-state index contributed by atoms with van der Waals surface area (Å²) in [6.07, 6.45) is 4.15. The maximum atomic E-state index is 5.77. The van der Waals surface area contributed by atoms with E-state index in [1.54, 1.807) is 7.05 Å². The predicted molar refractivity (Wildman–Crippen MR) is 100 cm³/mol. The molecule has 0 aromatic carbocycles. The molecule has 126 valence electrons. The molecule has 0 saturated carbocycles. The summed E-state index contributed by atoms with van der Waals surface area (Å²) in [5.74, 6) is 1.59. The lowest BCUT2D eigenvalue weighted by molar-refractivity contribution is 0.0243. The molecule has 1 aliphatic heterocycles. The molecule has 0 spiro atoms. The number of halogens is 1. The van der Waals surface area contributed by atoms with Gasteiger partial charge in [0.1, 0.15) is 0 Å². The standard InChI is InChI=1S/C15H22N6O.HI/c1-15(7-5-9-22-15)11-18-14(16-2)17-10-13-20-19-12-6-3-4-8-21(12)13;/h3-4,6,8H,5,7,9-11H2,1-2H3,(H2,16,17,18);1H. The molecule has 23 heavy (non-hydrogen) atoms. The molecule has 0 amide bonds. The van der Waals surface area contributed by atoms with Crippen LogP contribution in [0.2, 0.25) is 0 Å². The highest BCUT2D eigenvalue weighted by Gasteiger charge is 2.29. The molecule has 2 N–H and O–H groups in total. The van der Waals surface area contributed by atoms with Crippen molar-refractivity contribution in [3.05, 3.63) is 30.2 Å². The van der Waals surface area contributed by atoms with Crippen LogP contribution >= 0.6 is 24.0 Å². The first-order chi connectivity index (χ1) is 10.7. The third-order valence-electron chi connectivity index (χ3n) is 3.95. The van der Waals surface area contributed by atoms with Gasteiger partial charge in [0.25, 0.3) is 0 Å². The molecule has 1 unspecified atom stereocenters. The van der Waals surface area contributed by atoms with E-state index in [0.29, 0.717) is 6.54 Å². The SMILES string of the molecule is CN=C(NCc1nnc2ccccn12)NCC1(C)CCCO1.I. The molecule has 1 aliphatic rings.